The van der Waals surface area contributed by atoms with E-state index in [4.69, 9.17) is 9.29 Å². The topological polar surface area (TPSA) is 139 Å². The molecule has 1 saturated heterocycles. The maximum atomic E-state index is 11.6. The molecule has 0 spiro atoms. The van der Waals surface area contributed by atoms with Crippen LogP contribution in [0, 0.1) is 0 Å². The van der Waals surface area contributed by atoms with Crippen molar-refractivity contribution >= 4 is 34.0 Å². The molecular weight excluding hydrogens is 339 g/mol. The molecule has 1 aromatic rings. The van der Waals surface area contributed by atoms with E-state index in [-0.39, 0.29) is 46.4 Å². The number of methoxy groups -OCH3 is 1. The first kappa shape index (κ1) is 19.3. The van der Waals surface area contributed by atoms with E-state index in [1.807, 2.05) is 10.6 Å². The Labute approximate surface area is 153 Å². The molecular formula is C12H10N2NaO7S+. The van der Waals surface area contributed by atoms with E-state index in [1.54, 1.807) is 0 Å². The number of hydrogen-bond donors (Lipinski definition) is 3. The van der Waals surface area contributed by atoms with Crippen LogP contribution >= 0.6 is 0 Å². The van der Waals surface area contributed by atoms with Crippen molar-refractivity contribution in [3.63, 3.8) is 0 Å². The number of hydrogen-bond acceptors (Lipinski definition) is 6. The normalized spacial score (nSPS) is 14.5. The summed E-state index contributed by atoms with van der Waals surface area (Å²) in [5.41, 5.74) is -0.242. The minimum absolute atomic E-state index is 0. The second-order valence-electron chi connectivity index (χ2n) is 4.18. The van der Waals surface area contributed by atoms with Crippen LogP contribution in [-0.4, -0.2) is 37.9 Å². The maximum Gasteiger partial charge on any atom is 1.00 e. The minimum Gasteiger partial charge on any atom is -0.495 e. The molecule has 9 nitrogen and oxygen atoms in total. The van der Waals surface area contributed by atoms with Crippen molar-refractivity contribution in [2.24, 2.45) is 0 Å². The number of ether oxygens (including phenoxy) is 1. The van der Waals surface area contributed by atoms with Gasteiger partial charge in [-0.3, -0.25) is 24.8 Å². The molecule has 3 N–H and O–H groups in total. The van der Waals surface area contributed by atoms with Crippen molar-refractivity contribution in [3.05, 3.63) is 29.3 Å². The number of imide groups is 2. The van der Waals surface area contributed by atoms with Gasteiger partial charge in [0, 0.05) is 0 Å². The molecule has 1 fully saturated rings. The molecule has 0 aromatic heterocycles. The van der Waals surface area contributed by atoms with E-state index in [0.29, 0.717) is 0 Å². The van der Waals surface area contributed by atoms with E-state index in [0.717, 1.165) is 12.1 Å². The predicted octanol–water partition coefficient (Wildman–Crippen LogP) is -3.30. The van der Waals surface area contributed by atoms with E-state index in [2.05, 4.69) is 0 Å². The van der Waals surface area contributed by atoms with E-state index >= 15 is 0 Å². The van der Waals surface area contributed by atoms with Gasteiger partial charge in [0.05, 0.1) is 7.11 Å². The van der Waals surface area contributed by atoms with E-state index in [1.165, 1.54) is 19.2 Å². The number of barbiturate groups is 1. The number of carbonyl (C=O) groups excluding carboxylic acids is 3. The monoisotopic (exact) mass is 349 g/mol. The molecule has 0 saturated carbocycles. The fourth-order valence-electron chi connectivity index (χ4n) is 1.76. The molecule has 2 rings (SSSR count). The summed E-state index contributed by atoms with van der Waals surface area (Å²) >= 11 is 0. The van der Waals surface area contributed by atoms with Gasteiger partial charge in [0.2, 0.25) is 0 Å². The van der Waals surface area contributed by atoms with Crippen molar-refractivity contribution in [2.45, 2.75) is 4.90 Å². The van der Waals surface area contributed by atoms with E-state index in [9.17, 15) is 22.8 Å². The average Bonchev–Trinajstić information content (AvgIpc) is 2.41. The molecule has 0 radical (unpaired) electrons. The first-order valence-corrected chi connectivity index (χ1v) is 7.20. The summed E-state index contributed by atoms with van der Waals surface area (Å²) in [6.45, 7) is 0. The van der Waals surface area contributed by atoms with Gasteiger partial charge in [0.25, 0.3) is 21.9 Å². The Kier molecular flexibility index (Phi) is 6.08. The molecule has 1 aliphatic rings. The second-order valence-corrected chi connectivity index (χ2v) is 5.57. The Balaban J connectivity index is 0.00000264. The molecule has 116 valence electrons. The molecule has 0 atom stereocenters. The van der Waals surface area contributed by atoms with Gasteiger partial charge in [-0.25, -0.2) is 4.79 Å². The number of amides is 4. The smallest absolute Gasteiger partial charge is 0.495 e. The minimum atomic E-state index is -4.55. The Bertz CT molecular complexity index is 795. The zero-order valence-electron chi connectivity index (χ0n) is 12.1. The van der Waals surface area contributed by atoms with Crippen LogP contribution in [0.2, 0.25) is 0 Å². The van der Waals surface area contributed by atoms with Crippen LogP contribution in [0.15, 0.2) is 28.7 Å². The predicted molar refractivity (Wildman–Crippen MR) is 72.5 cm³/mol. The van der Waals surface area contributed by atoms with Crippen molar-refractivity contribution < 1.29 is 61.6 Å². The van der Waals surface area contributed by atoms with Crippen LogP contribution in [0.3, 0.4) is 0 Å². The van der Waals surface area contributed by atoms with Gasteiger partial charge in [0.15, 0.2) is 0 Å². The first-order valence-electron chi connectivity index (χ1n) is 5.76. The van der Waals surface area contributed by atoms with Crippen LogP contribution in [0.4, 0.5) is 4.79 Å². The van der Waals surface area contributed by atoms with Crippen LogP contribution in [0.25, 0.3) is 6.08 Å². The summed E-state index contributed by atoms with van der Waals surface area (Å²) in [5.74, 6) is -1.94. The molecule has 1 aliphatic heterocycles. The molecule has 11 heteroatoms. The van der Waals surface area contributed by atoms with Crippen LogP contribution in [-0.2, 0) is 19.7 Å². The van der Waals surface area contributed by atoms with E-state index < -0.39 is 32.9 Å². The van der Waals surface area contributed by atoms with Crippen molar-refractivity contribution in [3.8, 4) is 5.75 Å². The van der Waals surface area contributed by atoms with Gasteiger partial charge in [-0.1, -0.05) is 6.07 Å². The summed E-state index contributed by atoms with van der Waals surface area (Å²) in [5, 5.41) is 3.75. The number of carbonyl (C=O) groups is 3. The first-order chi connectivity index (χ1) is 10.2. The number of urea groups is 1. The largest absolute Gasteiger partial charge is 1.00 e. The second kappa shape index (κ2) is 7.23. The van der Waals surface area contributed by atoms with Crippen LogP contribution < -0.4 is 44.9 Å². The molecule has 1 aromatic carbocycles. The Morgan fingerprint density at radius 2 is 1.70 bits per heavy atom. The number of nitrogens with one attached hydrogen (secondary N) is 2. The van der Waals surface area contributed by atoms with Gasteiger partial charge >= 0.3 is 35.6 Å². The molecule has 0 unspecified atom stereocenters. The van der Waals surface area contributed by atoms with Crippen molar-refractivity contribution in [2.75, 3.05) is 7.11 Å². The third kappa shape index (κ3) is 4.39. The Morgan fingerprint density at radius 3 is 2.17 bits per heavy atom. The zero-order chi connectivity index (χ0) is 16.5. The summed E-state index contributed by atoms with van der Waals surface area (Å²) in [6.07, 6.45) is 1.07. The maximum absolute atomic E-state index is 11.6. The molecule has 0 aliphatic carbocycles. The van der Waals surface area contributed by atoms with Crippen molar-refractivity contribution in [1.82, 2.24) is 10.6 Å². The van der Waals surface area contributed by atoms with Gasteiger partial charge < -0.3 is 4.74 Å². The van der Waals surface area contributed by atoms with Crippen LogP contribution in [0.1, 0.15) is 5.56 Å². The van der Waals surface area contributed by atoms with Gasteiger partial charge in [-0.2, -0.15) is 8.42 Å². The van der Waals surface area contributed by atoms with Gasteiger partial charge in [0.1, 0.15) is 16.2 Å². The summed E-state index contributed by atoms with van der Waals surface area (Å²) in [4.78, 5) is 33.6. The quantitative estimate of drug-likeness (QED) is 0.225. The summed E-state index contributed by atoms with van der Waals surface area (Å²) < 4.78 is 36.5. The standard InChI is InChI=1S/C12H10N2O7S.Na/c1-21-8-3-2-6(5-9(8)22(18,19)20)4-7-10(15)13-12(17)14-11(7)16;/h2-5H,1H3,(H,18,19,20)(H2,13,14,15,16,17);/q;+1. The third-order valence-corrected chi connectivity index (χ3v) is 3.59. The molecule has 4 amide bonds. The average molecular weight is 349 g/mol. The molecule has 0 bridgehead atoms. The number of rotatable bonds is 3. The fourth-order valence-corrected chi connectivity index (χ4v) is 2.45. The number of benzene rings is 1. The fraction of sp³-hybridized carbons (Fsp3) is 0.0833. The third-order valence-electron chi connectivity index (χ3n) is 2.72. The summed E-state index contributed by atoms with van der Waals surface area (Å²) in [6, 6.07) is 2.70. The molecule has 1 heterocycles. The Morgan fingerprint density at radius 1 is 1.13 bits per heavy atom. The Hall–Kier alpha value is -1.72. The van der Waals surface area contributed by atoms with Gasteiger partial charge in [-0.15, -0.1) is 0 Å². The molecule has 23 heavy (non-hydrogen) atoms. The van der Waals surface area contributed by atoms with Gasteiger partial charge in [-0.05, 0) is 23.8 Å². The van der Waals surface area contributed by atoms with Crippen molar-refractivity contribution in [1.29, 1.82) is 0 Å². The SMILES string of the molecule is COc1ccc(C=C2C(=O)NC(=O)NC2=O)cc1S(=O)(=O)O.[Na+]. The summed E-state index contributed by atoms with van der Waals surface area (Å²) in [7, 11) is -3.34. The zero-order valence-corrected chi connectivity index (χ0v) is 14.9. The van der Waals surface area contributed by atoms with Crippen LogP contribution in [0.5, 0.6) is 5.75 Å².